The maximum absolute atomic E-state index is 14.1. The molecule has 26 heavy (non-hydrogen) atoms. The Kier molecular flexibility index (Phi) is 7.24. The Labute approximate surface area is 162 Å². The van der Waals surface area contributed by atoms with Crippen molar-refractivity contribution in [2.45, 2.75) is 36.4 Å². The Morgan fingerprint density at radius 3 is 2.54 bits per heavy atom. The highest BCUT2D eigenvalue weighted by molar-refractivity contribution is 14.1. The van der Waals surface area contributed by atoms with E-state index in [1.165, 1.54) is 24.3 Å². The number of aliphatic hydroxyl groups is 1. The molecule has 0 aliphatic carbocycles. The number of benzene rings is 2. The van der Waals surface area contributed by atoms with Gasteiger partial charge in [0.2, 0.25) is 0 Å². The number of alkyl halides is 4. The van der Waals surface area contributed by atoms with Gasteiger partial charge in [-0.1, -0.05) is 40.8 Å². The summed E-state index contributed by atoms with van der Waals surface area (Å²) in [7, 11) is 0. The first-order chi connectivity index (χ1) is 12.2. The summed E-state index contributed by atoms with van der Waals surface area (Å²) in [4.78, 5) is 0. The number of halogens is 5. The van der Waals surface area contributed by atoms with Crippen LogP contribution >= 0.6 is 22.6 Å². The quantitative estimate of drug-likeness (QED) is 0.261. The van der Waals surface area contributed by atoms with Crippen molar-refractivity contribution in [3.63, 3.8) is 0 Å². The fourth-order valence-corrected chi connectivity index (χ4v) is 2.36. The van der Waals surface area contributed by atoms with Crippen LogP contribution in [-0.4, -0.2) is 15.3 Å². The molecular weight excluding hydrogens is 465 g/mol. The minimum atomic E-state index is -4.42. The predicted molar refractivity (Wildman–Crippen MR) is 98.5 cm³/mol. The van der Waals surface area contributed by atoms with Crippen molar-refractivity contribution in [3.8, 4) is 5.75 Å². The van der Waals surface area contributed by atoms with Crippen LogP contribution in [0.3, 0.4) is 0 Å². The van der Waals surface area contributed by atoms with Crippen LogP contribution in [0, 0.1) is 5.82 Å². The largest absolute Gasteiger partial charge is 0.489 e. The van der Waals surface area contributed by atoms with Crippen molar-refractivity contribution in [1.82, 2.24) is 5.32 Å². The lowest BCUT2D eigenvalue weighted by Gasteiger charge is -2.15. The van der Waals surface area contributed by atoms with Crippen LogP contribution in [0.4, 0.5) is 17.6 Å². The zero-order chi connectivity index (χ0) is 19.3. The molecule has 2 rings (SSSR count). The lowest BCUT2D eigenvalue weighted by atomic mass is 10.1. The topological polar surface area (TPSA) is 41.5 Å². The second-order valence-corrected chi connectivity index (χ2v) is 7.11. The summed E-state index contributed by atoms with van der Waals surface area (Å²) in [5.41, 5.74) is -0.00735. The van der Waals surface area contributed by atoms with Crippen molar-refractivity contribution in [3.05, 3.63) is 65.0 Å². The third kappa shape index (κ3) is 6.10. The molecule has 142 valence electrons. The van der Waals surface area contributed by atoms with Crippen LogP contribution in [0.15, 0.2) is 42.5 Å². The summed E-state index contributed by atoms with van der Waals surface area (Å²) >= 11 is 2.02. The van der Waals surface area contributed by atoms with Gasteiger partial charge in [-0.3, -0.25) is 5.32 Å². The molecular formula is C18H18F4INO2. The van der Waals surface area contributed by atoms with Gasteiger partial charge < -0.3 is 9.84 Å². The van der Waals surface area contributed by atoms with Crippen molar-refractivity contribution in [1.29, 1.82) is 0 Å². The SMILES string of the molecule is CC(O)[C@H](I)NCc1ccc(OCc2cccc(C(F)(F)F)c2)cc1F. The first-order valence-electron chi connectivity index (χ1n) is 7.79. The van der Waals surface area contributed by atoms with E-state index < -0.39 is 23.7 Å². The maximum atomic E-state index is 14.1. The number of hydrogen-bond donors (Lipinski definition) is 2. The minimum absolute atomic E-state index is 0.0984. The molecule has 0 saturated carbocycles. The molecule has 2 aromatic carbocycles. The van der Waals surface area contributed by atoms with Gasteiger partial charge in [-0.05, 0) is 30.7 Å². The molecule has 0 aliphatic rings. The molecule has 0 saturated heterocycles. The minimum Gasteiger partial charge on any atom is -0.489 e. The van der Waals surface area contributed by atoms with Gasteiger partial charge in [0.1, 0.15) is 18.2 Å². The van der Waals surface area contributed by atoms with Crippen LogP contribution in [0.5, 0.6) is 5.75 Å². The molecule has 0 aromatic heterocycles. The van der Waals surface area contributed by atoms with Gasteiger partial charge in [0.05, 0.1) is 15.7 Å². The highest BCUT2D eigenvalue weighted by Crippen LogP contribution is 2.29. The van der Waals surface area contributed by atoms with Crippen LogP contribution in [0.1, 0.15) is 23.6 Å². The number of aliphatic hydroxyl groups excluding tert-OH is 1. The number of nitrogens with one attached hydrogen (secondary N) is 1. The summed E-state index contributed by atoms with van der Waals surface area (Å²) in [5, 5.41) is 12.4. The number of hydrogen-bond acceptors (Lipinski definition) is 3. The fraction of sp³-hybridized carbons (Fsp3) is 0.333. The van der Waals surface area contributed by atoms with Gasteiger partial charge in [0, 0.05) is 18.2 Å². The van der Waals surface area contributed by atoms with Gasteiger partial charge in [-0.2, -0.15) is 13.2 Å². The van der Waals surface area contributed by atoms with Crippen LogP contribution < -0.4 is 10.1 Å². The smallest absolute Gasteiger partial charge is 0.416 e. The van der Waals surface area contributed by atoms with Crippen molar-refractivity contribution < 1.29 is 27.4 Å². The Hall–Kier alpha value is -1.39. The molecule has 0 aliphatic heterocycles. The molecule has 8 heteroatoms. The normalized spacial score (nSPS) is 14.1. The van der Waals surface area contributed by atoms with E-state index in [-0.39, 0.29) is 22.9 Å². The second kappa shape index (κ2) is 9.01. The van der Waals surface area contributed by atoms with E-state index in [1.54, 1.807) is 13.0 Å². The van der Waals surface area contributed by atoms with Gasteiger partial charge >= 0.3 is 6.18 Å². The summed E-state index contributed by atoms with van der Waals surface area (Å²) in [6.45, 7) is 1.77. The fourth-order valence-electron chi connectivity index (χ4n) is 2.14. The van der Waals surface area contributed by atoms with E-state index in [9.17, 15) is 22.7 Å². The van der Waals surface area contributed by atoms with E-state index in [1.807, 2.05) is 22.6 Å². The third-order valence-electron chi connectivity index (χ3n) is 3.60. The van der Waals surface area contributed by atoms with E-state index in [0.29, 0.717) is 11.1 Å². The number of rotatable bonds is 7. The van der Waals surface area contributed by atoms with Crippen LogP contribution in [-0.2, 0) is 19.3 Å². The van der Waals surface area contributed by atoms with E-state index >= 15 is 0 Å². The summed E-state index contributed by atoms with van der Waals surface area (Å²) < 4.78 is 57.4. The highest BCUT2D eigenvalue weighted by atomic mass is 127. The first-order valence-corrected chi connectivity index (χ1v) is 9.04. The van der Waals surface area contributed by atoms with Gasteiger partial charge in [-0.25, -0.2) is 4.39 Å². The molecule has 1 unspecified atom stereocenters. The average Bonchev–Trinajstić information content (AvgIpc) is 2.58. The Bertz CT molecular complexity index is 737. The molecule has 2 aromatic rings. The molecule has 0 amide bonds. The monoisotopic (exact) mass is 483 g/mol. The maximum Gasteiger partial charge on any atom is 0.416 e. The lowest BCUT2D eigenvalue weighted by Crippen LogP contribution is -2.32. The molecule has 0 heterocycles. The molecule has 0 spiro atoms. The summed E-state index contributed by atoms with van der Waals surface area (Å²) in [6, 6.07) is 9.09. The number of ether oxygens (including phenoxy) is 1. The molecule has 0 bridgehead atoms. The van der Waals surface area contributed by atoms with Crippen molar-refractivity contribution in [2.75, 3.05) is 0 Å². The van der Waals surface area contributed by atoms with E-state index in [4.69, 9.17) is 4.74 Å². The summed E-state index contributed by atoms with van der Waals surface area (Å²) in [6.07, 6.45) is -4.99. The highest BCUT2D eigenvalue weighted by Gasteiger charge is 2.30. The van der Waals surface area contributed by atoms with Gasteiger partial charge in [0.25, 0.3) is 0 Å². The van der Waals surface area contributed by atoms with Gasteiger partial charge in [-0.15, -0.1) is 0 Å². The third-order valence-corrected chi connectivity index (χ3v) is 5.08. The van der Waals surface area contributed by atoms with Crippen molar-refractivity contribution in [2.24, 2.45) is 0 Å². The molecule has 2 atom stereocenters. The molecule has 0 radical (unpaired) electrons. The standard InChI is InChI=1S/C18H18F4INO2/c1-11(25)17(23)24-9-13-5-6-15(8-16(13)19)26-10-12-3-2-4-14(7-12)18(20,21)22/h2-8,11,17,24-25H,9-10H2,1H3/t11?,17-/m1/s1. The average molecular weight is 483 g/mol. The zero-order valence-corrected chi connectivity index (χ0v) is 16.0. The van der Waals surface area contributed by atoms with E-state index in [0.717, 1.165) is 12.1 Å². The predicted octanol–water partition coefficient (Wildman–Crippen LogP) is 4.66. The van der Waals surface area contributed by atoms with Crippen LogP contribution in [0.25, 0.3) is 0 Å². The Morgan fingerprint density at radius 1 is 1.19 bits per heavy atom. The van der Waals surface area contributed by atoms with E-state index in [2.05, 4.69) is 5.32 Å². The zero-order valence-electron chi connectivity index (χ0n) is 13.9. The molecule has 0 fully saturated rings. The Morgan fingerprint density at radius 2 is 1.92 bits per heavy atom. The Balaban J connectivity index is 1.98. The first kappa shape index (κ1) is 20.9. The second-order valence-electron chi connectivity index (χ2n) is 5.76. The summed E-state index contributed by atoms with van der Waals surface area (Å²) in [5.74, 6) is -0.265. The lowest BCUT2D eigenvalue weighted by molar-refractivity contribution is -0.137. The molecule has 2 N–H and O–H groups in total. The van der Waals surface area contributed by atoms with Crippen molar-refractivity contribution >= 4 is 22.6 Å². The van der Waals surface area contributed by atoms with Gasteiger partial charge in [0.15, 0.2) is 0 Å². The van der Waals surface area contributed by atoms with Crippen LogP contribution in [0.2, 0.25) is 0 Å². The molecule has 3 nitrogen and oxygen atoms in total.